The molecule has 1 N–H and O–H groups in total. The van der Waals surface area contributed by atoms with Crippen molar-refractivity contribution in [2.24, 2.45) is 0 Å². The van der Waals surface area contributed by atoms with Gasteiger partial charge >= 0.3 is 7.91 Å². The summed E-state index contributed by atoms with van der Waals surface area (Å²) in [4.78, 5) is 10.5. The van der Waals surface area contributed by atoms with Crippen molar-refractivity contribution >= 4 is 13.8 Å². The normalized spacial score (nSPS) is 36.0. The Hall–Kier alpha value is -0.450. The number of rotatable bonds is 1. The van der Waals surface area contributed by atoms with E-state index in [1.165, 1.54) is 6.92 Å². The molecule has 0 unspecified atom stereocenters. The predicted molar refractivity (Wildman–Crippen MR) is 38.2 cm³/mol. The van der Waals surface area contributed by atoms with Gasteiger partial charge in [0.25, 0.3) is 0 Å². The van der Waals surface area contributed by atoms with Crippen LogP contribution in [0.15, 0.2) is 0 Å². The van der Waals surface area contributed by atoms with E-state index in [4.69, 9.17) is 0 Å². The molecule has 5 nitrogen and oxygen atoms in total. The lowest BCUT2D eigenvalue weighted by atomic mass is 10.3. The zero-order valence-corrected chi connectivity index (χ0v) is 7.34. The molecule has 1 aliphatic rings. The monoisotopic (exact) mass is 197 g/mol. The van der Waals surface area contributed by atoms with E-state index in [9.17, 15) is 13.6 Å². The summed E-state index contributed by atoms with van der Waals surface area (Å²) < 4.78 is 31.3. The smallest absolute Gasteiger partial charge is 0.349 e. The van der Waals surface area contributed by atoms with Gasteiger partial charge in [-0.3, -0.25) is 13.8 Å². The lowest BCUT2D eigenvalue weighted by molar-refractivity contribution is -0.120. The maximum absolute atomic E-state index is 12.4. The average molecular weight is 197 g/mol. The summed E-state index contributed by atoms with van der Waals surface area (Å²) in [5.41, 5.74) is 0. The summed E-state index contributed by atoms with van der Waals surface area (Å²) in [7, 11) is -4.32. The quantitative estimate of drug-likeness (QED) is 0.625. The standard InChI is InChI=1S/C5H9FNO4P/c1-4(8)7-5-2-10-12(6,9)11-3-5/h5H,2-3H2,1H3,(H,7,8). The van der Waals surface area contributed by atoms with Crippen LogP contribution in [0.5, 0.6) is 0 Å². The maximum Gasteiger partial charge on any atom is 0.513 e. The van der Waals surface area contributed by atoms with Crippen LogP contribution in [0.3, 0.4) is 0 Å². The Morgan fingerprint density at radius 3 is 2.50 bits per heavy atom. The second-order valence-electron chi connectivity index (χ2n) is 2.42. The Balaban J connectivity index is 2.36. The van der Waals surface area contributed by atoms with Crippen molar-refractivity contribution in [1.29, 1.82) is 0 Å². The first-order valence-electron chi connectivity index (χ1n) is 3.35. The molecule has 0 radical (unpaired) electrons. The largest absolute Gasteiger partial charge is 0.513 e. The molecule has 0 atom stereocenters. The molecule has 1 fully saturated rings. The molecule has 0 aromatic carbocycles. The van der Waals surface area contributed by atoms with Gasteiger partial charge in [0, 0.05) is 6.92 Å². The van der Waals surface area contributed by atoms with E-state index >= 15 is 0 Å². The first kappa shape index (κ1) is 9.64. The van der Waals surface area contributed by atoms with E-state index in [-0.39, 0.29) is 19.1 Å². The van der Waals surface area contributed by atoms with Crippen LogP contribution < -0.4 is 5.32 Å². The zero-order chi connectivity index (χ0) is 9.19. The SMILES string of the molecule is CC(=O)NC1COP(=O)(F)OC1. The maximum atomic E-state index is 12.4. The third-order valence-electron chi connectivity index (χ3n) is 1.27. The summed E-state index contributed by atoms with van der Waals surface area (Å²) >= 11 is 0. The van der Waals surface area contributed by atoms with Crippen LogP contribution in [0.2, 0.25) is 0 Å². The third kappa shape index (κ3) is 2.89. The molecule has 1 heterocycles. The van der Waals surface area contributed by atoms with Gasteiger partial charge < -0.3 is 5.32 Å². The zero-order valence-electron chi connectivity index (χ0n) is 6.45. The van der Waals surface area contributed by atoms with Crippen LogP contribution in [0, 0.1) is 0 Å². The Bertz CT molecular complexity index is 221. The van der Waals surface area contributed by atoms with Gasteiger partial charge in [0.1, 0.15) is 0 Å². The van der Waals surface area contributed by atoms with Crippen molar-refractivity contribution in [3.63, 3.8) is 0 Å². The van der Waals surface area contributed by atoms with Crippen LogP contribution in [0.1, 0.15) is 6.92 Å². The molecule has 0 spiro atoms. The van der Waals surface area contributed by atoms with Crippen molar-refractivity contribution in [1.82, 2.24) is 5.32 Å². The highest BCUT2D eigenvalue weighted by molar-refractivity contribution is 7.48. The summed E-state index contributed by atoms with van der Waals surface area (Å²) in [5, 5.41) is 2.44. The van der Waals surface area contributed by atoms with E-state index in [0.29, 0.717) is 0 Å². The highest BCUT2D eigenvalue weighted by atomic mass is 31.2. The number of hydrogen-bond donors (Lipinski definition) is 1. The molecule has 0 saturated carbocycles. The molecule has 12 heavy (non-hydrogen) atoms. The lowest BCUT2D eigenvalue weighted by Crippen LogP contribution is -2.41. The fourth-order valence-electron chi connectivity index (χ4n) is 0.814. The predicted octanol–water partition coefficient (Wildman–Crippen LogP) is 0.615. The molecule has 70 valence electrons. The van der Waals surface area contributed by atoms with Crippen LogP contribution in [-0.2, 0) is 18.4 Å². The van der Waals surface area contributed by atoms with E-state index in [0.717, 1.165) is 0 Å². The van der Waals surface area contributed by atoms with Crippen molar-refractivity contribution in [3.05, 3.63) is 0 Å². The van der Waals surface area contributed by atoms with E-state index in [1.807, 2.05) is 0 Å². The van der Waals surface area contributed by atoms with Crippen molar-refractivity contribution in [2.75, 3.05) is 13.2 Å². The molecule has 0 aliphatic carbocycles. The van der Waals surface area contributed by atoms with Crippen molar-refractivity contribution in [2.45, 2.75) is 13.0 Å². The van der Waals surface area contributed by atoms with E-state index in [2.05, 4.69) is 14.4 Å². The highest BCUT2D eigenvalue weighted by Gasteiger charge is 2.32. The summed E-state index contributed by atoms with van der Waals surface area (Å²) in [5.74, 6) is -0.261. The topological polar surface area (TPSA) is 64.6 Å². The Labute approximate surface area is 68.9 Å². The first-order chi connectivity index (χ1) is 5.49. The van der Waals surface area contributed by atoms with Crippen molar-refractivity contribution < 1.29 is 22.6 Å². The van der Waals surface area contributed by atoms with Crippen LogP contribution in [0.25, 0.3) is 0 Å². The fraction of sp³-hybridized carbons (Fsp3) is 0.800. The van der Waals surface area contributed by atoms with Crippen LogP contribution in [0.4, 0.5) is 4.20 Å². The molecule has 0 aromatic heterocycles. The molecule has 7 heteroatoms. The van der Waals surface area contributed by atoms with Gasteiger partial charge in [-0.2, -0.15) is 0 Å². The third-order valence-corrected chi connectivity index (χ3v) is 2.18. The second-order valence-corrected chi connectivity index (χ2v) is 3.80. The number of carbonyl (C=O) groups excluding carboxylic acids is 1. The van der Waals surface area contributed by atoms with Gasteiger partial charge in [0.2, 0.25) is 5.91 Å². The van der Waals surface area contributed by atoms with Crippen LogP contribution in [-0.4, -0.2) is 25.2 Å². The number of amides is 1. The van der Waals surface area contributed by atoms with Crippen LogP contribution >= 0.6 is 7.91 Å². The second kappa shape index (κ2) is 3.51. The van der Waals surface area contributed by atoms with Gasteiger partial charge in [0.15, 0.2) is 0 Å². The average Bonchev–Trinajstić information content (AvgIpc) is 1.93. The number of hydrogen-bond acceptors (Lipinski definition) is 4. The molecular weight excluding hydrogens is 188 g/mol. The minimum atomic E-state index is -4.32. The highest BCUT2D eigenvalue weighted by Crippen LogP contribution is 2.51. The molecule has 0 bridgehead atoms. The fourth-order valence-corrected chi connectivity index (χ4v) is 1.60. The minimum Gasteiger partial charge on any atom is -0.349 e. The Morgan fingerprint density at radius 1 is 1.58 bits per heavy atom. The van der Waals surface area contributed by atoms with E-state index in [1.54, 1.807) is 0 Å². The summed E-state index contributed by atoms with van der Waals surface area (Å²) in [6.45, 7) is 1.09. The molecular formula is C5H9FNO4P. The Kier molecular flexibility index (Phi) is 2.82. The number of carbonyl (C=O) groups is 1. The number of nitrogens with one attached hydrogen (secondary N) is 1. The van der Waals surface area contributed by atoms with Gasteiger partial charge in [0.05, 0.1) is 19.3 Å². The Morgan fingerprint density at radius 2 is 2.08 bits per heavy atom. The molecule has 0 aromatic rings. The van der Waals surface area contributed by atoms with Gasteiger partial charge in [-0.05, 0) is 0 Å². The number of halogens is 1. The molecule has 1 aliphatic heterocycles. The van der Waals surface area contributed by atoms with Crippen molar-refractivity contribution in [3.8, 4) is 0 Å². The van der Waals surface area contributed by atoms with Gasteiger partial charge in [-0.25, -0.2) is 4.57 Å². The summed E-state index contributed by atoms with van der Waals surface area (Å²) in [6, 6.07) is -0.416. The molecule has 1 rings (SSSR count). The lowest BCUT2D eigenvalue weighted by Gasteiger charge is -2.24. The van der Waals surface area contributed by atoms with Gasteiger partial charge in [-0.1, -0.05) is 0 Å². The molecule has 1 amide bonds. The molecule has 1 saturated heterocycles. The van der Waals surface area contributed by atoms with E-state index < -0.39 is 13.9 Å². The van der Waals surface area contributed by atoms with Gasteiger partial charge in [-0.15, -0.1) is 4.20 Å². The summed E-state index contributed by atoms with van der Waals surface area (Å²) in [6.07, 6.45) is 0. The minimum absolute atomic E-state index is 0.118. The first-order valence-corrected chi connectivity index (χ1v) is 4.79.